The van der Waals surface area contributed by atoms with Gasteiger partial charge in [0.25, 0.3) is 0 Å². The van der Waals surface area contributed by atoms with Gasteiger partial charge < -0.3 is 10.1 Å². The lowest BCUT2D eigenvalue weighted by molar-refractivity contribution is 0.102. The fourth-order valence-corrected chi connectivity index (χ4v) is 4.01. The van der Waals surface area contributed by atoms with Gasteiger partial charge in [-0.05, 0) is 23.7 Å². The normalized spacial score (nSPS) is 10.2. The van der Waals surface area contributed by atoms with Gasteiger partial charge in [0.1, 0.15) is 27.4 Å². The summed E-state index contributed by atoms with van der Waals surface area (Å²) in [5, 5.41) is 13.9. The van der Waals surface area contributed by atoms with Crippen molar-refractivity contribution in [3.63, 3.8) is 0 Å². The molecule has 0 saturated carbocycles. The second-order valence-electron chi connectivity index (χ2n) is 5.24. The van der Waals surface area contributed by atoms with E-state index in [0.29, 0.717) is 21.2 Å². The molecule has 26 heavy (non-hydrogen) atoms. The van der Waals surface area contributed by atoms with Gasteiger partial charge in [0.05, 0.1) is 12.9 Å². The molecule has 1 heterocycles. The lowest BCUT2D eigenvalue weighted by atomic mass is 10.2. The first-order valence-corrected chi connectivity index (χ1v) is 9.49. The number of thioether (sulfide) groups is 1. The summed E-state index contributed by atoms with van der Waals surface area (Å²) < 4.78 is 9.53. The van der Waals surface area contributed by atoms with Crippen LogP contribution in [0, 0.1) is 11.3 Å². The first kappa shape index (κ1) is 18.0. The van der Waals surface area contributed by atoms with E-state index in [2.05, 4.69) is 15.8 Å². The number of hydrogen-bond acceptors (Lipinski definition) is 7. The fourth-order valence-electron chi connectivity index (χ4n) is 2.23. The lowest BCUT2D eigenvalue weighted by Crippen LogP contribution is -2.02. The third-order valence-electron chi connectivity index (χ3n) is 3.54. The highest BCUT2D eigenvalue weighted by atomic mass is 32.2. The standard InChI is InChI=1S/C19H15N3O2S2/c1-24-15-9-5-8-14(10-15)21-18-16(11-20)19(22-26-18)25-12-17(23)13-6-3-2-4-7-13/h2-10,21H,12H2,1H3. The predicted octanol–water partition coefficient (Wildman–Crippen LogP) is 4.74. The van der Waals surface area contributed by atoms with Gasteiger partial charge in [-0.25, -0.2) is 0 Å². The summed E-state index contributed by atoms with van der Waals surface area (Å²) in [6.07, 6.45) is 0. The van der Waals surface area contributed by atoms with Crippen LogP contribution in [-0.2, 0) is 0 Å². The maximum Gasteiger partial charge on any atom is 0.173 e. The minimum absolute atomic E-state index is 0.00907. The highest BCUT2D eigenvalue weighted by Gasteiger charge is 2.16. The number of hydrogen-bond donors (Lipinski definition) is 1. The third kappa shape index (κ3) is 4.23. The molecule has 0 bridgehead atoms. The highest BCUT2D eigenvalue weighted by Crippen LogP contribution is 2.34. The molecule has 0 spiro atoms. The van der Waals surface area contributed by atoms with E-state index in [4.69, 9.17) is 4.74 Å². The van der Waals surface area contributed by atoms with Crippen LogP contribution in [-0.4, -0.2) is 23.0 Å². The summed E-state index contributed by atoms with van der Waals surface area (Å²) in [5.41, 5.74) is 1.91. The van der Waals surface area contributed by atoms with Crippen molar-refractivity contribution >= 4 is 39.8 Å². The number of methoxy groups -OCH3 is 1. The van der Waals surface area contributed by atoms with E-state index in [1.54, 1.807) is 19.2 Å². The fraction of sp³-hybridized carbons (Fsp3) is 0.105. The van der Waals surface area contributed by atoms with Crippen molar-refractivity contribution in [2.24, 2.45) is 0 Å². The second kappa shape index (κ2) is 8.52. The summed E-state index contributed by atoms with van der Waals surface area (Å²) in [6, 6.07) is 18.7. The quantitative estimate of drug-likeness (QED) is 0.470. The number of ketones is 1. The van der Waals surface area contributed by atoms with Crippen molar-refractivity contribution in [1.82, 2.24) is 4.37 Å². The van der Waals surface area contributed by atoms with E-state index in [0.717, 1.165) is 11.4 Å². The number of nitrogens with one attached hydrogen (secondary N) is 1. The average molecular weight is 381 g/mol. The van der Waals surface area contributed by atoms with E-state index in [1.165, 1.54) is 23.3 Å². The van der Waals surface area contributed by atoms with Crippen LogP contribution in [0.3, 0.4) is 0 Å². The molecular formula is C19H15N3O2S2. The molecule has 1 aromatic heterocycles. The number of benzene rings is 2. The summed E-state index contributed by atoms with van der Waals surface area (Å²) in [6.45, 7) is 0. The minimum Gasteiger partial charge on any atom is -0.497 e. The Labute approximate surface area is 159 Å². The highest BCUT2D eigenvalue weighted by molar-refractivity contribution is 8.00. The van der Waals surface area contributed by atoms with E-state index in [-0.39, 0.29) is 11.5 Å². The summed E-state index contributed by atoms with van der Waals surface area (Å²) in [7, 11) is 1.60. The maximum atomic E-state index is 12.2. The Kier molecular flexibility index (Phi) is 5.89. The minimum atomic E-state index is 0.00907. The van der Waals surface area contributed by atoms with Crippen LogP contribution >= 0.6 is 23.3 Å². The van der Waals surface area contributed by atoms with Crippen molar-refractivity contribution in [1.29, 1.82) is 5.26 Å². The van der Waals surface area contributed by atoms with Gasteiger partial charge in [-0.3, -0.25) is 4.79 Å². The smallest absolute Gasteiger partial charge is 0.173 e. The summed E-state index contributed by atoms with van der Waals surface area (Å²) >= 11 is 2.48. The molecule has 5 nitrogen and oxygen atoms in total. The number of nitriles is 1. The van der Waals surface area contributed by atoms with Gasteiger partial charge in [0, 0.05) is 17.3 Å². The van der Waals surface area contributed by atoms with Gasteiger partial charge in [-0.15, -0.1) is 0 Å². The Balaban J connectivity index is 1.72. The van der Waals surface area contributed by atoms with Crippen LogP contribution in [0.25, 0.3) is 0 Å². The Bertz CT molecular complexity index is 949. The molecule has 7 heteroatoms. The SMILES string of the molecule is COc1cccc(Nc2snc(SCC(=O)c3ccccc3)c2C#N)c1. The van der Waals surface area contributed by atoms with Crippen molar-refractivity contribution in [2.45, 2.75) is 5.03 Å². The zero-order valence-electron chi connectivity index (χ0n) is 13.9. The molecular weight excluding hydrogens is 366 g/mol. The molecule has 3 rings (SSSR count). The lowest BCUT2D eigenvalue weighted by Gasteiger charge is -2.06. The molecule has 0 aliphatic carbocycles. The van der Waals surface area contributed by atoms with Gasteiger partial charge in [0.2, 0.25) is 0 Å². The predicted molar refractivity (Wildman–Crippen MR) is 105 cm³/mol. The molecule has 0 atom stereocenters. The molecule has 0 unspecified atom stereocenters. The number of nitrogens with zero attached hydrogens (tertiary/aromatic N) is 2. The topological polar surface area (TPSA) is 75.0 Å². The monoisotopic (exact) mass is 381 g/mol. The molecule has 0 aliphatic rings. The number of ether oxygens (including phenoxy) is 1. The molecule has 0 saturated heterocycles. The Hall–Kier alpha value is -2.82. The van der Waals surface area contributed by atoms with Gasteiger partial charge >= 0.3 is 0 Å². The summed E-state index contributed by atoms with van der Waals surface area (Å²) in [5.74, 6) is 0.969. The van der Waals surface area contributed by atoms with E-state index in [1.807, 2.05) is 42.5 Å². The number of carbonyl (C=O) groups excluding carboxylic acids is 1. The van der Waals surface area contributed by atoms with Crippen molar-refractivity contribution in [3.8, 4) is 11.8 Å². The van der Waals surface area contributed by atoms with Gasteiger partial charge in [-0.1, -0.05) is 48.2 Å². The Morgan fingerprint density at radius 3 is 2.81 bits per heavy atom. The number of anilines is 2. The molecule has 0 aliphatic heterocycles. The first-order valence-electron chi connectivity index (χ1n) is 7.73. The van der Waals surface area contributed by atoms with Crippen molar-refractivity contribution in [2.75, 3.05) is 18.2 Å². The van der Waals surface area contributed by atoms with E-state index < -0.39 is 0 Å². The molecule has 1 N–H and O–H groups in total. The zero-order chi connectivity index (χ0) is 18.4. The van der Waals surface area contributed by atoms with Crippen LogP contribution in [0.1, 0.15) is 15.9 Å². The average Bonchev–Trinajstić information content (AvgIpc) is 3.08. The number of Topliss-reactive ketones (excluding diaryl/α,β-unsaturated/α-hetero) is 1. The molecule has 2 aromatic carbocycles. The van der Waals surface area contributed by atoms with Crippen molar-refractivity contribution in [3.05, 3.63) is 65.7 Å². The Morgan fingerprint density at radius 1 is 1.27 bits per heavy atom. The number of rotatable bonds is 7. The Morgan fingerprint density at radius 2 is 2.08 bits per heavy atom. The molecule has 130 valence electrons. The zero-order valence-corrected chi connectivity index (χ0v) is 15.6. The second-order valence-corrected chi connectivity index (χ2v) is 6.98. The maximum absolute atomic E-state index is 12.2. The van der Waals surface area contributed by atoms with Crippen LogP contribution in [0.5, 0.6) is 5.75 Å². The molecule has 3 aromatic rings. The molecule has 0 fully saturated rings. The van der Waals surface area contributed by atoms with Crippen LogP contribution in [0.15, 0.2) is 59.6 Å². The summed E-state index contributed by atoms with van der Waals surface area (Å²) in [4.78, 5) is 12.2. The van der Waals surface area contributed by atoms with E-state index >= 15 is 0 Å². The van der Waals surface area contributed by atoms with Crippen LogP contribution < -0.4 is 10.1 Å². The molecule has 0 amide bonds. The van der Waals surface area contributed by atoms with Crippen LogP contribution in [0.4, 0.5) is 10.7 Å². The van der Waals surface area contributed by atoms with Gasteiger partial charge in [0.15, 0.2) is 5.78 Å². The third-order valence-corrected chi connectivity index (χ3v) is 5.39. The van der Waals surface area contributed by atoms with E-state index in [9.17, 15) is 10.1 Å². The number of carbonyl (C=O) groups is 1. The first-order chi connectivity index (χ1) is 12.7. The largest absolute Gasteiger partial charge is 0.497 e. The molecule has 0 radical (unpaired) electrons. The van der Waals surface area contributed by atoms with Crippen molar-refractivity contribution < 1.29 is 9.53 Å². The van der Waals surface area contributed by atoms with Gasteiger partial charge in [-0.2, -0.15) is 9.64 Å². The number of aromatic nitrogens is 1. The van der Waals surface area contributed by atoms with Crippen LogP contribution in [0.2, 0.25) is 0 Å².